The normalized spacial score (nSPS) is 10.6. The Labute approximate surface area is 58.6 Å². The summed E-state index contributed by atoms with van der Waals surface area (Å²) in [7, 11) is 4.03. The van der Waals surface area contributed by atoms with Crippen molar-refractivity contribution in [3.63, 3.8) is 0 Å². The van der Waals surface area contributed by atoms with Gasteiger partial charge in [-0.05, 0) is 14.1 Å². The van der Waals surface area contributed by atoms with Crippen LogP contribution in [0.15, 0.2) is 6.20 Å². The average Bonchev–Trinajstić information content (AvgIpc) is 2.15. The van der Waals surface area contributed by atoms with E-state index in [1.165, 1.54) is 11.7 Å². The molecule has 3 nitrogen and oxygen atoms in total. The van der Waals surface area contributed by atoms with Crippen LogP contribution >= 0.6 is 11.7 Å². The summed E-state index contributed by atoms with van der Waals surface area (Å²) in [4.78, 5) is 2.07. The molecule has 0 fully saturated rings. The van der Waals surface area contributed by atoms with Crippen molar-refractivity contribution in [1.29, 1.82) is 0 Å². The smallest absolute Gasteiger partial charge is 0.0882 e. The van der Waals surface area contributed by atoms with E-state index in [9.17, 15) is 0 Å². The van der Waals surface area contributed by atoms with Gasteiger partial charge in [0.05, 0.1) is 23.6 Å². The summed E-state index contributed by atoms with van der Waals surface area (Å²) in [6.45, 7) is 0.885. The van der Waals surface area contributed by atoms with Gasteiger partial charge in [-0.25, -0.2) is 0 Å². The van der Waals surface area contributed by atoms with E-state index in [1.807, 2.05) is 14.1 Å². The molecule has 0 aliphatic rings. The monoisotopic (exact) mass is 143 g/mol. The molecule has 1 heterocycles. The van der Waals surface area contributed by atoms with Gasteiger partial charge in [0, 0.05) is 6.54 Å². The lowest BCUT2D eigenvalue weighted by molar-refractivity contribution is 0.398. The van der Waals surface area contributed by atoms with Crippen molar-refractivity contribution >= 4 is 11.7 Å². The molecule has 0 bridgehead atoms. The largest absolute Gasteiger partial charge is 0.303 e. The van der Waals surface area contributed by atoms with E-state index in [2.05, 4.69) is 13.6 Å². The molecular weight excluding hydrogens is 134 g/mol. The van der Waals surface area contributed by atoms with Gasteiger partial charge in [0.2, 0.25) is 0 Å². The van der Waals surface area contributed by atoms with Crippen molar-refractivity contribution in [2.75, 3.05) is 14.1 Å². The SMILES string of the molecule is CN(C)Cc1cnsn1. The fraction of sp³-hybridized carbons (Fsp3) is 0.600. The second kappa shape index (κ2) is 2.89. The Kier molecular flexibility index (Phi) is 2.13. The van der Waals surface area contributed by atoms with Gasteiger partial charge in [-0.15, -0.1) is 0 Å². The molecule has 1 aromatic rings. The minimum Gasteiger partial charge on any atom is -0.303 e. The van der Waals surface area contributed by atoms with Crippen LogP contribution in [-0.2, 0) is 6.54 Å². The molecule has 9 heavy (non-hydrogen) atoms. The molecule has 0 radical (unpaired) electrons. The lowest BCUT2D eigenvalue weighted by Crippen LogP contribution is -2.10. The van der Waals surface area contributed by atoms with E-state index in [4.69, 9.17) is 0 Å². The second-order valence-electron chi connectivity index (χ2n) is 2.14. The zero-order valence-electron chi connectivity index (χ0n) is 5.53. The number of aromatic nitrogens is 2. The molecule has 0 amide bonds. The fourth-order valence-corrected chi connectivity index (χ4v) is 1.00. The Morgan fingerprint density at radius 1 is 1.67 bits per heavy atom. The summed E-state index contributed by atoms with van der Waals surface area (Å²) < 4.78 is 7.92. The number of rotatable bonds is 2. The minimum absolute atomic E-state index is 0.885. The lowest BCUT2D eigenvalue weighted by Gasteiger charge is -2.04. The maximum Gasteiger partial charge on any atom is 0.0882 e. The molecule has 1 aromatic heterocycles. The van der Waals surface area contributed by atoms with Crippen molar-refractivity contribution in [2.24, 2.45) is 0 Å². The first kappa shape index (κ1) is 6.64. The first-order chi connectivity index (χ1) is 4.29. The molecule has 0 saturated carbocycles. The van der Waals surface area contributed by atoms with Crippen molar-refractivity contribution in [3.8, 4) is 0 Å². The number of nitrogens with zero attached hydrogens (tertiary/aromatic N) is 3. The molecule has 0 N–H and O–H groups in total. The van der Waals surface area contributed by atoms with E-state index in [0.29, 0.717) is 0 Å². The zero-order chi connectivity index (χ0) is 6.69. The van der Waals surface area contributed by atoms with Crippen LogP contribution in [0.3, 0.4) is 0 Å². The van der Waals surface area contributed by atoms with E-state index in [1.54, 1.807) is 6.20 Å². The third-order valence-corrected chi connectivity index (χ3v) is 1.40. The maximum atomic E-state index is 4.05. The molecule has 1 rings (SSSR count). The van der Waals surface area contributed by atoms with Crippen LogP contribution in [-0.4, -0.2) is 27.7 Å². The standard InChI is InChI=1S/C5H9N3S/c1-8(2)4-5-3-6-9-7-5/h3H,4H2,1-2H3. The predicted octanol–water partition coefficient (Wildman–Crippen LogP) is 0.600. The molecule has 0 aliphatic heterocycles. The fourth-order valence-electron chi connectivity index (χ4n) is 0.578. The first-order valence-corrected chi connectivity index (χ1v) is 3.43. The Bertz CT molecular complexity index is 159. The Morgan fingerprint density at radius 3 is 2.89 bits per heavy atom. The third kappa shape index (κ3) is 2.07. The highest BCUT2D eigenvalue weighted by Crippen LogP contribution is 1.96. The number of hydrogen-bond donors (Lipinski definition) is 0. The molecule has 4 heteroatoms. The Hall–Kier alpha value is -0.480. The number of hydrogen-bond acceptors (Lipinski definition) is 4. The van der Waals surface area contributed by atoms with Crippen LogP contribution in [0.4, 0.5) is 0 Å². The lowest BCUT2D eigenvalue weighted by atomic mass is 10.4. The summed E-state index contributed by atoms with van der Waals surface area (Å²) in [5.74, 6) is 0. The van der Waals surface area contributed by atoms with Crippen LogP contribution in [0.25, 0.3) is 0 Å². The highest BCUT2D eigenvalue weighted by atomic mass is 32.1. The third-order valence-electron chi connectivity index (χ3n) is 0.885. The summed E-state index contributed by atoms with van der Waals surface area (Å²) >= 11 is 1.25. The van der Waals surface area contributed by atoms with Crippen molar-refractivity contribution in [3.05, 3.63) is 11.9 Å². The molecule has 0 spiro atoms. The van der Waals surface area contributed by atoms with Crippen LogP contribution in [0.1, 0.15) is 5.69 Å². The van der Waals surface area contributed by atoms with Crippen LogP contribution < -0.4 is 0 Å². The van der Waals surface area contributed by atoms with Gasteiger partial charge in [-0.2, -0.15) is 8.75 Å². The molecule has 0 aliphatic carbocycles. The zero-order valence-corrected chi connectivity index (χ0v) is 6.35. The quantitative estimate of drug-likeness (QED) is 0.607. The van der Waals surface area contributed by atoms with Gasteiger partial charge < -0.3 is 4.90 Å². The first-order valence-electron chi connectivity index (χ1n) is 2.70. The van der Waals surface area contributed by atoms with Gasteiger partial charge in [0.25, 0.3) is 0 Å². The summed E-state index contributed by atoms with van der Waals surface area (Å²) in [6, 6.07) is 0. The predicted molar refractivity (Wildman–Crippen MR) is 37.3 cm³/mol. The van der Waals surface area contributed by atoms with Gasteiger partial charge in [-0.1, -0.05) is 0 Å². The Morgan fingerprint density at radius 2 is 2.44 bits per heavy atom. The van der Waals surface area contributed by atoms with E-state index in [0.717, 1.165) is 12.2 Å². The molecular formula is C5H9N3S. The van der Waals surface area contributed by atoms with Gasteiger partial charge >= 0.3 is 0 Å². The molecule has 50 valence electrons. The maximum absolute atomic E-state index is 4.05. The molecule has 0 saturated heterocycles. The van der Waals surface area contributed by atoms with Gasteiger partial charge in [-0.3, -0.25) is 0 Å². The van der Waals surface area contributed by atoms with Crippen LogP contribution in [0, 0.1) is 0 Å². The van der Waals surface area contributed by atoms with Crippen LogP contribution in [0.2, 0.25) is 0 Å². The average molecular weight is 143 g/mol. The van der Waals surface area contributed by atoms with Crippen molar-refractivity contribution in [2.45, 2.75) is 6.54 Å². The second-order valence-corrected chi connectivity index (χ2v) is 2.69. The van der Waals surface area contributed by atoms with Crippen LogP contribution in [0.5, 0.6) is 0 Å². The van der Waals surface area contributed by atoms with Crippen molar-refractivity contribution < 1.29 is 0 Å². The van der Waals surface area contributed by atoms with E-state index < -0.39 is 0 Å². The molecule has 0 aromatic carbocycles. The summed E-state index contributed by atoms with van der Waals surface area (Å²) in [6.07, 6.45) is 1.80. The van der Waals surface area contributed by atoms with Gasteiger partial charge in [0.1, 0.15) is 0 Å². The van der Waals surface area contributed by atoms with Gasteiger partial charge in [0.15, 0.2) is 0 Å². The topological polar surface area (TPSA) is 29.0 Å². The summed E-state index contributed by atoms with van der Waals surface area (Å²) in [5, 5.41) is 0. The summed E-state index contributed by atoms with van der Waals surface area (Å²) in [5.41, 5.74) is 1.05. The highest BCUT2D eigenvalue weighted by molar-refractivity contribution is 6.99. The minimum atomic E-state index is 0.885. The molecule has 0 atom stereocenters. The molecule has 0 unspecified atom stereocenters. The Balaban J connectivity index is 2.48. The van der Waals surface area contributed by atoms with E-state index in [-0.39, 0.29) is 0 Å². The highest BCUT2D eigenvalue weighted by Gasteiger charge is 1.95. The van der Waals surface area contributed by atoms with Crippen molar-refractivity contribution in [1.82, 2.24) is 13.6 Å². The van der Waals surface area contributed by atoms with E-state index >= 15 is 0 Å².